The first-order valence-electron chi connectivity index (χ1n) is 10.1. The van der Waals surface area contributed by atoms with Crippen LogP contribution in [0.4, 0.5) is 0 Å². The van der Waals surface area contributed by atoms with E-state index in [0.29, 0.717) is 44.1 Å². The molecule has 1 aromatic carbocycles. The molecule has 4 rings (SSSR count). The number of aromatic nitrogens is 1. The quantitative estimate of drug-likeness (QED) is 0.735. The van der Waals surface area contributed by atoms with E-state index in [1.165, 1.54) is 10.5 Å². The predicted octanol–water partition coefficient (Wildman–Crippen LogP) is 1.26. The summed E-state index contributed by atoms with van der Waals surface area (Å²) in [6.07, 6.45) is 2.13. The Bertz CT molecular complexity index is 974. The summed E-state index contributed by atoms with van der Waals surface area (Å²) < 4.78 is 33.5. The van der Waals surface area contributed by atoms with Crippen LogP contribution in [-0.2, 0) is 26.1 Å². The smallest absolute Gasteiger partial charge is 0.270 e. The molecule has 8 nitrogen and oxygen atoms in total. The highest BCUT2D eigenvalue weighted by atomic mass is 32.2. The number of carbonyl (C=O) groups excluding carboxylic acids is 1. The first-order valence-corrected chi connectivity index (χ1v) is 12.3. The lowest BCUT2D eigenvalue weighted by atomic mass is 9.85. The third-order valence-corrected chi connectivity index (χ3v) is 8.88. The maximum absolute atomic E-state index is 13.3. The molecule has 2 N–H and O–H groups in total. The standard InChI is InChI=1S/C20H26N4O4S2/c21-11-18-12-22-20(29-18)30(26,27)24-13-16(15-4-2-1-3-5-15)10-17(14-24)19(25)23-6-8-28-9-7-23/h1-5,12,16-17H,6-11,13-14,21H2/t16-,17-/m0/s1. The fraction of sp³-hybridized carbons (Fsp3) is 0.500. The zero-order valence-electron chi connectivity index (χ0n) is 16.6. The largest absolute Gasteiger partial charge is 0.378 e. The number of morpholine rings is 1. The van der Waals surface area contributed by atoms with Crippen LogP contribution in [0.15, 0.2) is 40.9 Å². The lowest BCUT2D eigenvalue weighted by Gasteiger charge is -2.39. The zero-order chi connectivity index (χ0) is 21.1. The lowest BCUT2D eigenvalue weighted by molar-refractivity contribution is -0.141. The highest BCUT2D eigenvalue weighted by Crippen LogP contribution is 2.35. The van der Waals surface area contributed by atoms with E-state index in [1.807, 2.05) is 30.3 Å². The SMILES string of the molecule is NCc1cnc(S(=O)(=O)N2C[C@@H](C(=O)N3CCOCC3)C[C@H](c3ccccc3)C2)s1. The Labute approximate surface area is 180 Å². The second-order valence-electron chi connectivity index (χ2n) is 7.60. The number of hydrogen-bond donors (Lipinski definition) is 1. The van der Waals surface area contributed by atoms with Crippen molar-refractivity contribution >= 4 is 27.3 Å². The summed E-state index contributed by atoms with van der Waals surface area (Å²) in [5.41, 5.74) is 6.67. The molecule has 2 aromatic rings. The van der Waals surface area contributed by atoms with Crippen molar-refractivity contribution in [1.82, 2.24) is 14.2 Å². The second kappa shape index (κ2) is 9.11. The number of piperidine rings is 1. The average Bonchev–Trinajstić information content (AvgIpc) is 3.30. The minimum Gasteiger partial charge on any atom is -0.378 e. The first kappa shape index (κ1) is 21.4. The first-order chi connectivity index (χ1) is 14.5. The van der Waals surface area contributed by atoms with E-state index in [4.69, 9.17) is 10.5 Å². The van der Waals surface area contributed by atoms with Crippen molar-refractivity contribution in [3.63, 3.8) is 0 Å². The summed E-state index contributed by atoms with van der Waals surface area (Å²) in [7, 11) is -3.80. The maximum Gasteiger partial charge on any atom is 0.270 e. The van der Waals surface area contributed by atoms with Crippen LogP contribution in [0.5, 0.6) is 0 Å². The van der Waals surface area contributed by atoms with Gasteiger partial charge in [-0.3, -0.25) is 4.79 Å². The van der Waals surface area contributed by atoms with Crippen LogP contribution in [0, 0.1) is 5.92 Å². The van der Waals surface area contributed by atoms with Crippen molar-refractivity contribution < 1.29 is 17.9 Å². The topological polar surface area (TPSA) is 106 Å². The van der Waals surface area contributed by atoms with Gasteiger partial charge in [0.05, 0.1) is 19.1 Å². The molecule has 0 radical (unpaired) electrons. The highest BCUT2D eigenvalue weighted by Gasteiger charge is 2.40. The van der Waals surface area contributed by atoms with E-state index >= 15 is 0 Å². The van der Waals surface area contributed by atoms with Crippen LogP contribution in [0.3, 0.4) is 0 Å². The molecule has 2 aliphatic rings. The molecule has 2 saturated heterocycles. The van der Waals surface area contributed by atoms with Gasteiger partial charge in [0.2, 0.25) is 10.2 Å². The third-order valence-electron chi connectivity index (χ3n) is 5.65. The summed E-state index contributed by atoms with van der Waals surface area (Å²) in [6.45, 7) is 2.87. The van der Waals surface area contributed by atoms with Gasteiger partial charge in [0.25, 0.3) is 10.0 Å². The van der Waals surface area contributed by atoms with Crippen molar-refractivity contribution in [2.24, 2.45) is 11.7 Å². The number of nitrogens with zero attached hydrogens (tertiary/aromatic N) is 3. The van der Waals surface area contributed by atoms with Crippen molar-refractivity contribution in [2.75, 3.05) is 39.4 Å². The van der Waals surface area contributed by atoms with E-state index in [1.54, 1.807) is 4.90 Å². The van der Waals surface area contributed by atoms with Gasteiger partial charge in [0.1, 0.15) is 0 Å². The number of rotatable bonds is 5. The number of carbonyl (C=O) groups is 1. The van der Waals surface area contributed by atoms with Crippen molar-refractivity contribution in [2.45, 2.75) is 23.2 Å². The van der Waals surface area contributed by atoms with Crippen LogP contribution in [-0.4, -0.2) is 67.9 Å². The van der Waals surface area contributed by atoms with Gasteiger partial charge < -0.3 is 15.4 Å². The predicted molar refractivity (Wildman–Crippen MR) is 113 cm³/mol. The van der Waals surface area contributed by atoms with E-state index in [0.717, 1.165) is 16.9 Å². The Balaban J connectivity index is 1.62. The Morgan fingerprint density at radius 3 is 2.60 bits per heavy atom. The molecular formula is C20H26N4O4S2. The summed E-state index contributed by atoms with van der Waals surface area (Å²) in [6, 6.07) is 9.80. The van der Waals surface area contributed by atoms with Gasteiger partial charge in [-0.05, 0) is 17.9 Å². The average molecular weight is 451 g/mol. The van der Waals surface area contributed by atoms with Crippen molar-refractivity contribution in [3.05, 3.63) is 47.0 Å². The summed E-state index contributed by atoms with van der Waals surface area (Å²) in [5, 5.41) is 0. The molecule has 1 aromatic heterocycles. The molecule has 2 aliphatic heterocycles. The number of hydrogen-bond acceptors (Lipinski definition) is 7. The number of amides is 1. The number of ether oxygens (including phenoxy) is 1. The van der Waals surface area contributed by atoms with Crippen molar-refractivity contribution in [3.8, 4) is 0 Å². The summed E-state index contributed by atoms with van der Waals surface area (Å²) in [5.74, 6) is -0.453. The van der Waals surface area contributed by atoms with Crippen LogP contribution in [0.25, 0.3) is 0 Å². The number of sulfonamides is 1. The van der Waals surface area contributed by atoms with Gasteiger partial charge in [0.15, 0.2) is 0 Å². The molecule has 0 saturated carbocycles. The third kappa shape index (κ3) is 4.42. The van der Waals surface area contributed by atoms with Gasteiger partial charge in [0, 0.05) is 43.8 Å². The van der Waals surface area contributed by atoms with E-state index in [-0.39, 0.29) is 29.3 Å². The Morgan fingerprint density at radius 2 is 1.93 bits per heavy atom. The van der Waals surface area contributed by atoms with Gasteiger partial charge in [-0.1, -0.05) is 30.3 Å². The van der Waals surface area contributed by atoms with E-state index in [9.17, 15) is 13.2 Å². The second-order valence-corrected chi connectivity index (χ2v) is 10.8. The molecule has 10 heteroatoms. The van der Waals surface area contributed by atoms with E-state index in [2.05, 4.69) is 4.98 Å². The molecular weight excluding hydrogens is 424 g/mol. The normalized spacial score (nSPS) is 23.4. The van der Waals surface area contributed by atoms with Crippen LogP contribution in [0.1, 0.15) is 22.8 Å². The number of thiazole rings is 1. The van der Waals surface area contributed by atoms with Crippen LogP contribution in [0.2, 0.25) is 0 Å². The molecule has 0 aliphatic carbocycles. The highest BCUT2D eigenvalue weighted by molar-refractivity contribution is 7.91. The Hall–Kier alpha value is -1.85. The van der Waals surface area contributed by atoms with Crippen molar-refractivity contribution in [1.29, 1.82) is 0 Å². The molecule has 3 heterocycles. The number of benzene rings is 1. The Kier molecular flexibility index (Phi) is 6.49. The Morgan fingerprint density at radius 1 is 1.20 bits per heavy atom. The monoisotopic (exact) mass is 450 g/mol. The molecule has 30 heavy (non-hydrogen) atoms. The molecule has 2 atom stereocenters. The fourth-order valence-electron chi connectivity index (χ4n) is 4.06. The van der Waals surface area contributed by atoms with Gasteiger partial charge in [-0.2, -0.15) is 4.31 Å². The molecule has 0 spiro atoms. The zero-order valence-corrected chi connectivity index (χ0v) is 18.3. The molecule has 162 valence electrons. The maximum atomic E-state index is 13.3. The molecule has 0 bridgehead atoms. The summed E-state index contributed by atoms with van der Waals surface area (Å²) in [4.78, 5) is 19.8. The summed E-state index contributed by atoms with van der Waals surface area (Å²) >= 11 is 1.09. The molecule has 1 amide bonds. The molecule has 0 unspecified atom stereocenters. The minimum atomic E-state index is -3.80. The minimum absolute atomic E-state index is 0.000849. The van der Waals surface area contributed by atoms with Crippen LogP contribution >= 0.6 is 11.3 Å². The van der Waals surface area contributed by atoms with Crippen LogP contribution < -0.4 is 5.73 Å². The molecule has 2 fully saturated rings. The van der Waals surface area contributed by atoms with Gasteiger partial charge in [-0.15, -0.1) is 11.3 Å². The fourth-order valence-corrected chi connectivity index (χ4v) is 6.79. The lowest BCUT2D eigenvalue weighted by Crippen LogP contribution is -2.51. The van der Waals surface area contributed by atoms with E-state index < -0.39 is 15.9 Å². The van der Waals surface area contributed by atoms with Gasteiger partial charge in [-0.25, -0.2) is 13.4 Å². The van der Waals surface area contributed by atoms with Gasteiger partial charge >= 0.3 is 0 Å². The number of nitrogens with two attached hydrogens (primary N) is 1.